The highest BCUT2D eigenvalue weighted by Crippen LogP contribution is 2.36. The number of hydrogen-bond acceptors (Lipinski definition) is 12. The summed E-state index contributed by atoms with van der Waals surface area (Å²) in [6, 6.07) is 9.41. The van der Waals surface area contributed by atoms with Crippen molar-refractivity contribution in [3.63, 3.8) is 0 Å². The number of carbonyl (C=O) groups is 5. The van der Waals surface area contributed by atoms with Crippen molar-refractivity contribution in [2.45, 2.75) is 136 Å². The summed E-state index contributed by atoms with van der Waals surface area (Å²) in [5, 5.41) is 23.1. The Morgan fingerprint density at radius 3 is 2.23 bits per heavy atom. The minimum absolute atomic E-state index is 0.0125. The highest BCUT2D eigenvalue weighted by Gasteiger charge is 2.44. The molecule has 3 aromatic heterocycles. The molecule has 1 fully saturated rings. The Morgan fingerprint density at radius 1 is 0.843 bits per heavy atom. The number of fused-ring (bicyclic) bond motifs is 1. The van der Waals surface area contributed by atoms with Crippen LogP contribution >= 0.6 is 11.3 Å². The Kier molecular flexibility index (Phi) is 18.4. The van der Waals surface area contributed by atoms with Gasteiger partial charge in [0.05, 0.1) is 39.8 Å². The van der Waals surface area contributed by atoms with E-state index in [0.29, 0.717) is 47.0 Å². The fraction of sp³-hybridized carbons (Fsp3) is 0.462. The van der Waals surface area contributed by atoms with E-state index >= 15 is 4.39 Å². The third-order valence-electron chi connectivity index (χ3n) is 12.7. The van der Waals surface area contributed by atoms with Crippen molar-refractivity contribution in [3.05, 3.63) is 83.1 Å². The van der Waals surface area contributed by atoms with Gasteiger partial charge in [-0.2, -0.15) is 0 Å². The normalized spacial score (nSPS) is 15.2. The van der Waals surface area contributed by atoms with Crippen molar-refractivity contribution in [2.24, 2.45) is 5.41 Å². The molecule has 6 rings (SSSR count). The topological polar surface area (TPSA) is 248 Å². The molecule has 5 aromatic rings. The lowest BCUT2D eigenvalue weighted by Crippen LogP contribution is -2.57. The number of nitrogen functional groups attached to an aromatic ring is 2. The van der Waals surface area contributed by atoms with Crippen LogP contribution in [-0.2, 0) is 30.5 Å². The minimum atomic E-state index is -0.877. The van der Waals surface area contributed by atoms with Crippen LogP contribution in [-0.4, -0.2) is 85.8 Å². The molecule has 1 saturated heterocycles. The van der Waals surface area contributed by atoms with Crippen molar-refractivity contribution < 1.29 is 33.5 Å². The first-order valence-electron chi connectivity index (χ1n) is 24.1. The Morgan fingerprint density at radius 2 is 1.53 bits per heavy atom. The van der Waals surface area contributed by atoms with Crippen molar-refractivity contribution in [1.29, 1.82) is 0 Å². The van der Waals surface area contributed by atoms with Crippen LogP contribution in [0.15, 0.2) is 60.5 Å². The molecule has 0 radical (unpaired) electrons. The number of aliphatic hydroxyl groups excluding tert-OH is 1. The zero-order chi connectivity index (χ0) is 50.5. The van der Waals surface area contributed by atoms with Gasteiger partial charge in [-0.15, -0.1) is 11.3 Å². The third-order valence-corrected chi connectivity index (χ3v) is 13.7. The first-order chi connectivity index (χ1) is 33.4. The first-order valence-corrected chi connectivity index (χ1v) is 25.0. The number of nitrogens with zero attached hydrogens (tertiary/aromatic N) is 4. The monoisotopic (exact) mass is 978 g/mol. The maximum Gasteiger partial charge on any atom is 0.246 e. The number of carbonyl (C=O) groups excluding carboxylic acids is 5. The van der Waals surface area contributed by atoms with E-state index in [-0.39, 0.29) is 85.4 Å². The largest absolute Gasteiger partial charge is 0.397 e. The lowest BCUT2D eigenvalue weighted by atomic mass is 9.85. The number of rotatable bonds is 22. The average molecular weight is 979 g/mol. The fourth-order valence-corrected chi connectivity index (χ4v) is 9.43. The van der Waals surface area contributed by atoms with E-state index < -0.39 is 29.4 Å². The maximum atomic E-state index is 15.3. The molecule has 1 aliphatic heterocycles. The van der Waals surface area contributed by atoms with E-state index in [2.05, 4.69) is 36.2 Å². The first kappa shape index (κ1) is 52.8. The van der Waals surface area contributed by atoms with Crippen LogP contribution in [0, 0.1) is 25.1 Å². The van der Waals surface area contributed by atoms with Crippen LogP contribution < -0.4 is 32.7 Å². The number of nitrogens with one attached hydrogen (secondary N) is 4. The Hall–Kier alpha value is -6.53. The number of thiazole rings is 1. The number of likely N-dealkylation sites (tertiary alicyclic amines) is 1. The predicted octanol–water partition coefficient (Wildman–Crippen LogP) is 7.50. The van der Waals surface area contributed by atoms with Crippen LogP contribution in [0.5, 0.6) is 0 Å². The van der Waals surface area contributed by atoms with Gasteiger partial charge in [-0.3, -0.25) is 29.0 Å². The second-order valence-corrected chi connectivity index (χ2v) is 20.1. The van der Waals surface area contributed by atoms with Crippen molar-refractivity contribution in [1.82, 2.24) is 35.8 Å². The van der Waals surface area contributed by atoms with E-state index in [0.717, 1.165) is 60.2 Å². The average Bonchev–Trinajstić information content (AvgIpc) is 3.94. The number of aliphatic hydroxyl groups is 1. The van der Waals surface area contributed by atoms with E-state index in [1.807, 2.05) is 57.5 Å². The van der Waals surface area contributed by atoms with Crippen LogP contribution in [0.25, 0.3) is 32.3 Å². The maximum absolute atomic E-state index is 15.3. The fourth-order valence-electron chi connectivity index (χ4n) is 8.61. The molecule has 374 valence electrons. The molecule has 0 unspecified atom stereocenters. The molecule has 1 aliphatic rings. The van der Waals surface area contributed by atoms with E-state index in [1.54, 1.807) is 30.4 Å². The number of anilines is 3. The van der Waals surface area contributed by atoms with Gasteiger partial charge in [-0.05, 0) is 72.7 Å². The Balaban J connectivity index is 0.825. The van der Waals surface area contributed by atoms with E-state index in [9.17, 15) is 29.1 Å². The number of β-amino-alcohol motifs (C(OH)–C–C–N with tert-alkyl or cyclic N) is 1. The van der Waals surface area contributed by atoms with Gasteiger partial charge in [-0.1, -0.05) is 77.1 Å². The zero-order valence-corrected chi connectivity index (χ0v) is 41.6. The van der Waals surface area contributed by atoms with Gasteiger partial charge in [0.25, 0.3) is 0 Å². The summed E-state index contributed by atoms with van der Waals surface area (Å²) >= 11 is 1.57. The molecule has 4 heterocycles. The van der Waals surface area contributed by atoms with Crippen LogP contribution in [0.3, 0.4) is 0 Å². The van der Waals surface area contributed by atoms with Crippen LogP contribution in [0.1, 0.15) is 115 Å². The van der Waals surface area contributed by atoms with Gasteiger partial charge >= 0.3 is 0 Å². The quantitative estimate of drug-likeness (QED) is 0.0264. The second kappa shape index (κ2) is 24.3. The number of aryl methyl sites for hydroxylation is 1. The molecular weight excluding hydrogens is 912 g/mol. The smallest absolute Gasteiger partial charge is 0.246 e. The lowest BCUT2D eigenvalue weighted by molar-refractivity contribution is -0.144. The highest BCUT2D eigenvalue weighted by atomic mass is 32.1. The second-order valence-electron chi connectivity index (χ2n) is 19.3. The van der Waals surface area contributed by atoms with Gasteiger partial charge in [-0.25, -0.2) is 14.4 Å². The van der Waals surface area contributed by atoms with Gasteiger partial charge < -0.3 is 42.7 Å². The van der Waals surface area contributed by atoms with Crippen molar-refractivity contribution in [3.8, 4) is 21.6 Å². The Labute approximate surface area is 413 Å². The van der Waals surface area contributed by atoms with Crippen molar-refractivity contribution >= 4 is 68.8 Å². The summed E-state index contributed by atoms with van der Waals surface area (Å²) in [6.07, 6.45) is 10.9. The number of hydrogen-bond donors (Lipinski definition) is 7. The SMILES string of the molecule is Cc1ncsc1-c1ccc(CNC(=O)[C@@H]2C[C@@H](O)CN2C(=O)[C@@H](NC(=O)CCCCCCCCCNC(=O)CCCC(=O)Nc2cc3cc(-c4cncc(N)c4C)c(F)c(N)c3cn2)C(C)(C)C)cc1. The van der Waals surface area contributed by atoms with Crippen LogP contribution in [0.2, 0.25) is 0 Å². The molecule has 0 saturated carbocycles. The van der Waals surface area contributed by atoms with E-state index in [1.165, 1.54) is 23.5 Å². The molecule has 9 N–H and O–H groups in total. The molecule has 2 aromatic carbocycles. The number of nitrogens with two attached hydrogens (primary N) is 2. The number of aromatic nitrogens is 3. The summed E-state index contributed by atoms with van der Waals surface area (Å²) in [7, 11) is 0. The molecule has 0 aliphatic carbocycles. The van der Waals surface area contributed by atoms with E-state index in [4.69, 9.17) is 11.5 Å². The number of pyridine rings is 2. The third kappa shape index (κ3) is 14.1. The summed E-state index contributed by atoms with van der Waals surface area (Å²) in [5.41, 5.74) is 18.0. The molecule has 0 bridgehead atoms. The predicted molar refractivity (Wildman–Crippen MR) is 273 cm³/mol. The molecule has 18 heteroatoms. The number of amides is 5. The minimum Gasteiger partial charge on any atom is -0.397 e. The van der Waals surface area contributed by atoms with Gasteiger partial charge in [0, 0.05) is 74.2 Å². The van der Waals surface area contributed by atoms with Gasteiger partial charge in [0.1, 0.15) is 17.9 Å². The van der Waals surface area contributed by atoms with Gasteiger partial charge in [0.15, 0.2) is 5.82 Å². The number of halogens is 1. The van der Waals surface area contributed by atoms with Gasteiger partial charge in [0.2, 0.25) is 29.5 Å². The van der Waals surface area contributed by atoms with Crippen LogP contribution in [0.4, 0.5) is 21.6 Å². The highest BCUT2D eigenvalue weighted by molar-refractivity contribution is 7.13. The standard InChI is InChI=1S/C52H67FN10O6S/c1-31-38(26-56-28-40(31)54)37-22-35-23-42(58-27-39(35)47(55)46(37)53)61-44(66)16-13-15-43(65)57-21-12-10-8-6-7-9-11-14-45(67)62-49(52(3,4)5)51(69)63-29-36(64)24-41(63)50(68)59-25-33-17-19-34(20-18-33)48-32(2)60-30-70-48/h17-20,22-23,26-28,30,36,41,49,64H,6-16,21,24-25,29,54-55H2,1-5H3,(H,57,65)(H,59,68)(H,62,67)(H,58,61,66)/t36-,41+,49-/m1/s1. The van der Waals surface area contributed by atoms with Crippen molar-refractivity contribution in [2.75, 3.05) is 29.9 Å². The number of benzene rings is 2. The molecule has 3 atom stereocenters. The summed E-state index contributed by atoms with van der Waals surface area (Å²) in [6.45, 7) is 10.2. The molecule has 0 spiro atoms. The Bertz CT molecular complexity index is 2650. The summed E-state index contributed by atoms with van der Waals surface area (Å²) in [4.78, 5) is 80.9. The lowest BCUT2D eigenvalue weighted by Gasteiger charge is -2.35. The molecule has 16 nitrogen and oxygen atoms in total. The molecular formula is C52H67FN10O6S. The summed E-state index contributed by atoms with van der Waals surface area (Å²) in [5.74, 6) is -1.72. The summed E-state index contributed by atoms with van der Waals surface area (Å²) < 4.78 is 15.3. The zero-order valence-electron chi connectivity index (χ0n) is 40.8. The molecule has 5 amide bonds. The number of unbranched alkanes of at least 4 members (excludes halogenated alkanes) is 6. The molecule has 70 heavy (non-hydrogen) atoms.